The molecule has 0 aliphatic rings. The van der Waals surface area contributed by atoms with Crippen molar-refractivity contribution in [2.45, 2.75) is 20.0 Å². The Bertz CT molecular complexity index is 589. The lowest BCUT2D eigenvalue weighted by Gasteiger charge is -2.12. The number of nitrogens with one attached hydrogen (secondary N) is 1. The number of fused-ring (bicyclic) bond motifs is 1. The van der Waals surface area contributed by atoms with E-state index in [-0.39, 0.29) is 0 Å². The number of ether oxygens (including phenoxy) is 1. The highest BCUT2D eigenvalue weighted by Gasteiger charge is 2.10. The first-order valence-electron chi connectivity index (χ1n) is 6.17. The Kier molecular flexibility index (Phi) is 5.24. The van der Waals surface area contributed by atoms with Crippen LogP contribution in [0.25, 0.3) is 10.9 Å². The predicted octanol–water partition coefficient (Wildman–Crippen LogP) is 4.46. The third-order valence-electron chi connectivity index (χ3n) is 2.74. The molecule has 0 saturated heterocycles. The van der Waals surface area contributed by atoms with Crippen LogP contribution in [0, 0.1) is 3.57 Å². The summed E-state index contributed by atoms with van der Waals surface area (Å²) in [6, 6.07) is 6.06. The molecular formula is C14H16ClIN2O. The molecule has 19 heavy (non-hydrogen) atoms. The number of rotatable bonds is 5. The van der Waals surface area contributed by atoms with Crippen molar-refractivity contribution in [3.05, 3.63) is 32.5 Å². The number of benzene rings is 1. The number of hydrogen-bond acceptors (Lipinski definition) is 3. The fourth-order valence-corrected chi connectivity index (χ4v) is 3.00. The molecule has 0 spiro atoms. The van der Waals surface area contributed by atoms with Crippen molar-refractivity contribution < 1.29 is 4.74 Å². The number of aromatic nitrogens is 1. The van der Waals surface area contributed by atoms with Gasteiger partial charge in [0.25, 0.3) is 0 Å². The molecule has 0 fully saturated rings. The zero-order valence-corrected chi connectivity index (χ0v) is 13.9. The monoisotopic (exact) mass is 390 g/mol. The molecule has 5 heteroatoms. The van der Waals surface area contributed by atoms with Crippen LogP contribution in [-0.4, -0.2) is 18.6 Å². The van der Waals surface area contributed by atoms with Crippen LogP contribution < -0.4 is 5.32 Å². The van der Waals surface area contributed by atoms with Crippen molar-refractivity contribution in [1.29, 1.82) is 0 Å². The number of nitrogens with zero attached hydrogens (tertiary/aromatic N) is 1. The minimum atomic E-state index is 0.485. The van der Waals surface area contributed by atoms with Crippen LogP contribution in [0.5, 0.6) is 0 Å². The summed E-state index contributed by atoms with van der Waals surface area (Å²) >= 11 is 8.57. The Morgan fingerprint density at radius 2 is 2.16 bits per heavy atom. The quantitative estimate of drug-likeness (QED) is 0.765. The third-order valence-corrected chi connectivity index (χ3v) is 3.65. The van der Waals surface area contributed by atoms with E-state index in [1.54, 1.807) is 7.11 Å². The highest BCUT2D eigenvalue weighted by Crippen LogP contribution is 2.31. The Hall–Kier alpha value is -0.590. The van der Waals surface area contributed by atoms with Crippen molar-refractivity contribution >= 4 is 50.8 Å². The second kappa shape index (κ2) is 6.72. The van der Waals surface area contributed by atoms with Gasteiger partial charge in [0, 0.05) is 28.3 Å². The number of hydrogen-bond donors (Lipinski definition) is 1. The first-order valence-corrected chi connectivity index (χ1v) is 7.63. The SMILES string of the molecule is CCCNc1cc(COC)nc2c(Cl)cc(I)cc12. The molecule has 102 valence electrons. The minimum absolute atomic E-state index is 0.485. The lowest BCUT2D eigenvalue weighted by Crippen LogP contribution is -2.03. The van der Waals surface area contributed by atoms with Crippen LogP contribution in [0.4, 0.5) is 5.69 Å². The van der Waals surface area contributed by atoms with E-state index in [0.29, 0.717) is 11.6 Å². The second-order valence-corrected chi connectivity index (χ2v) is 5.96. The predicted molar refractivity (Wildman–Crippen MR) is 89.0 cm³/mol. The largest absolute Gasteiger partial charge is 0.384 e. The van der Waals surface area contributed by atoms with Crippen molar-refractivity contribution in [1.82, 2.24) is 4.98 Å². The van der Waals surface area contributed by atoms with Gasteiger partial charge in [-0.2, -0.15) is 0 Å². The van der Waals surface area contributed by atoms with Gasteiger partial charge in [0.05, 0.1) is 22.8 Å². The van der Waals surface area contributed by atoms with E-state index in [0.717, 1.165) is 38.8 Å². The average Bonchev–Trinajstić information content (AvgIpc) is 2.37. The zero-order chi connectivity index (χ0) is 13.8. The molecule has 0 saturated carbocycles. The van der Waals surface area contributed by atoms with Gasteiger partial charge < -0.3 is 10.1 Å². The summed E-state index contributed by atoms with van der Waals surface area (Å²) in [6.07, 6.45) is 1.07. The molecule has 0 aliphatic heterocycles. The molecule has 0 amide bonds. The van der Waals surface area contributed by atoms with Gasteiger partial charge in [-0.1, -0.05) is 18.5 Å². The van der Waals surface area contributed by atoms with Crippen molar-refractivity contribution in [2.24, 2.45) is 0 Å². The van der Waals surface area contributed by atoms with E-state index >= 15 is 0 Å². The van der Waals surface area contributed by atoms with Gasteiger partial charge >= 0.3 is 0 Å². The number of halogens is 2. The zero-order valence-electron chi connectivity index (χ0n) is 11.0. The summed E-state index contributed by atoms with van der Waals surface area (Å²) < 4.78 is 6.27. The maximum Gasteiger partial charge on any atom is 0.0913 e. The van der Waals surface area contributed by atoms with E-state index in [4.69, 9.17) is 16.3 Å². The van der Waals surface area contributed by atoms with Crippen LogP contribution >= 0.6 is 34.2 Å². The van der Waals surface area contributed by atoms with Gasteiger partial charge in [0.15, 0.2) is 0 Å². The van der Waals surface area contributed by atoms with Gasteiger partial charge in [-0.25, -0.2) is 4.98 Å². The molecule has 1 aromatic heterocycles. The van der Waals surface area contributed by atoms with Crippen LogP contribution in [0.3, 0.4) is 0 Å². The summed E-state index contributed by atoms with van der Waals surface area (Å²) in [7, 11) is 1.67. The number of pyridine rings is 1. The molecule has 1 aromatic carbocycles. The van der Waals surface area contributed by atoms with Crippen LogP contribution in [0.1, 0.15) is 19.0 Å². The Morgan fingerprint density at radius 3 is 2.84 bits per heavy atom. The fourth-order valence-electron chi connectivity index (χ4n) is 1.93. The van der Waals surface area contributed by atoms with E-state index in [2.05, 4.69) is 45.9 Å². The molecule has 0 unspecified atom stereocenters. The lowest BCUT2D eigenvalue weighted by atomic mass is 10.1. The van der Waals surface area contributed by atoms with Gasteiger partial charge in [-0.15, -0.1) is 0 Å². The Morgan fingerprint density at radius 1 is 1.37 bits per heavy atom. The van der Waals surface area contributed by atoms with Gasteiger partial charge in [0.1, 0.15) is 0 Å². The first kappa shape index (κ1) is 14.8. The highest BCUT2D eigenvalue weighted by molar-refractivity contribution is 14.1. The second-order valence-electron chi connectivity index (χ2n) is 4.30. The topological polar surface area (TPSA) is 34.1 Å². The number of methoxy groups -OCH3 is 1. The van der Waals surface area contributed by atoms with Crippen LogP contribution in [-0.2, 0) is 11.3 Å². The maximum absolute atomic E-state index is 6.30. The van der Waals surface area contributed by atoms with Gasteiger partial charge in [0.2, 0.25) is 0 Å². The maximum atomic E-state index is 6.30. The summed E-state index contributed by atoms with van der Waals surface area (Å²) in [6.45, 7) is 3.55. The normalized spacial score (nSPS) is 10.9. The third kappa shape index (κ3) is 3.49. The smallest absolute Gasteiger partial charge is 0.0913 e. The van der Waals surface area contributed by atoms with Gasteiger partial charge in [-0.05, 0) is 47.2 Å². The van der Waals surface area contributed by atoms with Crippen molar-refractivity contribution in [2.75, 3.05) is 19.0 Å². The first-order chi connectivity index (χ1) is 9.15. The van der Waals surface area contributed by atoms with Crippen molar-refractivity contribution in [3.8, 4) is 0 Å². The molecule has 2 aromatic rings. The minimum Gasteiger partial charge on any atom is -0.384 e. The van der Waals surface area contributed by atoms with E-state index in [1.165, 1.54) is 0 Å². The van der Waals surface area contributed by atoms with Crippen LogP contribution in [0.2, 0.25) is 5.02 Å². The molecule has 0 atom stereocenters. The summed E-state index contributed by atoms with van der Waals surface area (Å²) in [4.78, 5) is 4.57. The summed E-state index contributed by atoms with van der Waals surface area (Å²) in [5.74, 6) is 0. The summed E-state index contributed by atoms with van der Waals surface area (Å²) in [5.41, 5.74) is 2.78. The molecular weight excluding hydrogens is 375 g/mol. The number of anilines is 1. The van der Waals surface area contributed by atoms with E-state index < -0.39 is 0 Å². The lowest BCUT2D eigenvalue weighted by molar-refractivity contribution is 0.182. The molecule has 3 nitrogen and oxygen atoms in total. The Labute approximate surface area is 131 Å². The molecule has 2 rings (SSSR count). The van der Waals surface area contributed by atoms with E-state index in [1.807, 2.05) is 12.1 Å². The average molecular weight is 391 g/mol. The standard InChI is InChI=1S/C14H16ClIN2O/c1-3-4-17-13-7-10(8-19-2)18-14-11(13)5-9(16)6-12(14)15/h5-7H,3-4,8H2,1-2H3,(H,17,18). The highest BCUT2D eigenvalue weighted by atomic mass is 127. The molecule has 0 radical (unpaired) electrons. The van der Waals surface area contributed by atoms with E-state index in [9.17, 15) is 0 Å². The molecule has 1 heterocycles. The van der Waals surface area contributed by atoms with Crippen molar-refractivity contribution in [3.63, 3.8) is 0 Å². The Balaban J connectivity index is 2.60. The van der Waals surface area contributed by atoms with Gasteiger partial charge in [-0.3, -0.25) is 0 Å². The van der Waals surface area contributed by atoms with Crippen LogP contribution in [0.15, 0.2) is 18.2 Å². The summed E-state index contributed by atoms with van der Waals surface area (Å²) in [5, 5.41) is 5.17. The molecule has 0 bridgehead atoms. The molecule has 1 N–H and O–H groups in total. The fraction of sp³-hybridized carbons (Fsp3) is 0.357. The molecule has 0 aliphatic carbocycles.